The standard InChI is InChI=1S/C11H9F2NO2/c12-6-3-9(13)8-5-7(1-2-11(15)16)14-10(8)4-6/h3-5,14H,1-2H2,(H,15,16)/p-1. The monoisotopic (exact) mass is 224 g/mol. The fourth-order valence-electron chi connectivity index (χ4n) is 1.59. The fourth-order valence-corrected chi connectivity index (χ4v) is 1.59. The molecule has 0 fully saturated rings. The summed E-state index contributed by atoms with van der Waals surface area (Å²) < 4.78 is 26.1. The van der Waals surface area contributed by atoms with E-state index in [1.807, 2.05) is 0 Å². The van der Waals surface area contributed by atoms with Gasteiger partial charge in [-0.25, -0.2) is 8.78 Å². The van der Waals surface area contributed by atoms with Gasteiger partial charge in [0.05, 0.1) is 5.52 Å². The Hall–Kier alpha value is -1.91. The molecule has 0 bridgehead atoms. The summed E-state index contributed by atoms with van der Waals surface area (Å²) in [5.74, 6) is -2.51. The van der Waals surface area contributed by atoms with Gasteiger partial charge in [0, 0.05) is 23.1 Å². The van der Waals surface area contributed by atoms with Crippen LogP contribution in [0.5, 0.6) is 0 Å². The van der Waals surface area contributed by atoms with Gasteiger partial charge in [0.2, 0.25) is 0 Å². The van der Waals surface area contributed by atoms with Crippen LogP contribution in [0.25, 0.3) is 10.9 Å². The predicted octanol–water partition coefficient (Wildman–Crippen LogP) is 1.13. The highest BCUT2D eigenvalue weighted by molar-refractivity contribution is 5.81. The highest BCUT2D eigenvalue weighted by Gasteiger charge is 2.07. The third kappa shape index (κ3) is 2.03. The molecule has 2 rings (SSSR count). The number of benzene rings is 1. The van der Waals surface area contributed by atoms with E-state index in [2.05, 4.69) is 4.98 Å². The Morgan fingerprint density at radius 1 is 1.31 bits per heavy atom. The SMILES string of the molecule is O=C([O-])CCc1cc2c(F)cc(F)cc2[nH]1. The van der Waals surface area contributed by atoms with Gasteiger partial charge in [-0.15, -0.1) is 0 Å². The number of carboxylic acids is 1. The average molecular weight is 224 g/mol. The summed E-state index contributed by atoms with van der Waals surface area (Å²) in [5.41, 5.74) is 0.870. The molecule has 0 radical (unpaired) electrons. The molecule has 0 aliphatic carbocycles. The first-order valence-corrected chi connectivity index (χ1v) is 4.73. The lowest BCUT2D eigenvalue weighted by molar-refractivity contribution is -0.305. The second kappa shape index (κ2) is 3.92. The van der Waals surface area contributed by atoms with E-state index in [1.165, 1.54) is 12.1 Å². The van der Waals surface area contributed by atoms with Crippen molar-refractivity contribution in [2.75, 3.05) is 0 Å². The maximum Gasteiger partial charge on any atom is 0.135 e. The highest BCUT2D eigenvalue weighted by Crippen LogP contribution is 2.21. The van der Waals surface area contributed by atoms with Gasteiger partial charge in [0.15, 0.2) is 0 Å². The minimum absolute atomic E-state index is 0.156. The lowest BCUT2D eigenvalue weighted by Crippen LogP contribution is -2.22. The summed E-state index contributed by atoms with van der Waals surface area (Å²) in [6.07, 6.45) is 0.0506. The van der Waals surface area contributed by atoms with E-state index in [0.717, 1.165) is 6.07 Å². The van der Waals surface area contributed by atoms with Gasteiger partial charge in [-0.05, 0) is 25.0 Å². The fraction of sp³-hybridized carbons (Fsp3) is 0.182. The number of rotatable bonds is 3. The maximum atomic E-state index is 13.3. The molecule has 5 heteroatoms. The van der Waals surface area contributed by atoms with Crippen molar-refractivity contribution in [1.29, 1.82) is 0 Å². The smallest absolute Gasteiger partial charge is 0.135 e. The van der Waals surface area contributed by atoms with Gasteiger partial charge in [-0.2, -0.15) is 0 Å². The molecular formula is C11H8F2NO2-. The van der Waals surface area contributed by atoms with Crippen molar-refractivity contribution in [3.63, 3.8) is 0 Å². The van der Waals surface area contributed by atoms with E-state index in [4.69, 9.17) is 0 Å². The van der Waals surface area contributed by atoms with Crippen LogP contribution in [0.4, 0.5) is 8.78 Å². The summed E-state index contributed by atoms with van der Waals surface area (Å²) in [6, 6.07) is 3.44. The zero-order chi connectivity index (χ0) is 11.7. The first kappa shape index (κ1) is 10.6. The number of hydrogen-bond acceptors (Lipinski definition) is 2. The molecular weight excluding hydrogens is 216 g/mol. The Bertz CT molecular complexity index is 548. The Kier molecular flexibility index (Phi) is 2.60. The van der Waals surface area contributed by atoms with Gasteiger partial charge < -0.3 is 14.9 Å². The van der Waals surface area contributed by atoms with Crippen LogP contribution in [0.1, 0.15) is 12.1 Å². The number of carbonyl (C=O) groups is 1. The quantitative estimate of drug-likeness (QED) is 0.849. The molecule has 1 aromatic carbocycles. The first-order chi connectivity index (χ1) is 7.56. The molecule has 0 saturated carbocycles. The number of fused-ring (bicyclic) bond motifs is 1. The van der Waals surface area contributed by atoms with E-state index in [9.17, 15) is 18.7 Å². The van der Waals surface area contributed by atoms with Crippen molar-refractivity contribution in [3.05, 3.63) is 35.5 Å². The predicted molar refractivity (Wildman–Crippen MR) is 51.5 cm³/mol. The maximum absolute atomic E-state index is 13.3. The van der Waals surface area contributed by atoms with Crippen LogP contribution in [0.15, 0.2) is 18.2 Å². The molecule has 0 atom stereocenters. The molecule has 1 heterocycles. The zero-order valence-corrected chi connectivity index (χ0v) is 8.22. The zero-order valence-electron chi connectivity index (χ0n) is 8.22. The van der Waals surface area contributed by atoms with Crippen LogP contribution in [0.2, 0.25) is 0 Å². The summed E-state index contributed by atoms with van der Waals surface area (Å²) in [7, 11) is 0. The van der Waals surface area contributed by atoms with Crippen LogP contribution in [-0.4, -0.2) is 11.0 Å². The van der Waals surface area contributed by atoms with E-state index in [0.29, 0.717) is 11.2 Å². The number of halogens is 2. The summed E-state index contributed by atoms with van der Waals surface area (Å²) in [5, 5.41) is 10.5. The Morgan fingerprint density at radius 3 is 2.75 bits per heavy atom. The number of hydrogen-bond donors (Lipinski definition) is 1. The highest BCUT2D eigenvalue weighted by atomic mass is 19.1. The first-order valence-electron chi connectivity index (χ1n) is 4.73. The molecule has 0 spiro atoms. The molecule has 1 N–H and O–H groups in total. The number of carbonyl (C=O) groups excluding carboxylic acids is 1. The van der Waals surface area contributed by atoms with E-state index >= 15 is 0 Å². The second-order valence-corrected chi connectivity index (χ2v) is 3.52. The minimum Gasteiger partial charge on any atom is -0.550 e. The molecule has 84 valence electrons. The summed E-state index contributed by atoms with van der Waals surface area (Å²) >= 11 is 0. The molecule has 3 nitrogen and oxygen atoms in total. The summed E-state index contributed by atoms with van der Waals surface area (Å²) in [6.45, 7) is 0. The molecule has 2 aromatic rings. The number of aryl methyl sites for hydroxylation is 1. The molecule has 16 heavy (non-hydrogen) atoms. The number of aliphatic carboxylic acids is 1. The van der Waals surface area contributed by atoms with Crippen LogP contribution < -0.4 is 5.11 Å². The van der Waals surface area contributed by atoms with Crippen LogP contribution in [0, 0.1) is 11.6 Å². The molecule has 0 amide bonds. The molecule has 0 unspecified atom stereocenters. The van der Waals surface area contributed by atoms with Gasteiger partial charge in [-0.1, -0.05) is 0 Å². The molecule has 0 saturated heterocycles. The molecule has 0 aliphatic heterocycles. The lowest BCUT2D eigenvalue weighted by Gasteiger charge is -1.98. The van der Waals surface area contributed by atoms with Crippen molar-refractivity contribution in [2.45, 2.75) is 12.8 Å². The van der Waals surface area contributed by atoms with Gasteiger partial charge in [-0.3, -0.25) is 0 Å². The van der Waals surface area contributed by atoms with Crippen molar-refractivity contribution >= 4 is 16.9 Å². The number of aromatic amines is 1. The normalized spacial score (nSPS) is 10.9. The van der Waals surface area contributed by atoms with Crippen molar-refractivity contribution in [2.24, 2.45) is 0 Å². The Labute approximate surface area is 89.7 Å². The topological polar surface area (TPSA) is 55.9 Å². The van der Waals surface area contributed by atoms with Gasteiger partial charge >= 0.3 is 0 Å². The van der Waals surface area contributed by atoms with Crippen LogP contribution in [0.3, 0.4) is 0 Å². The van der Waals surface area contributed by atoms with Crippen LogP contribution >= 0.6 is 0 Å². The number of aromatic nitrogens is 1. The third-order valence-corrected chi connectivity index (χ3v) is 2.31. The van der Waals surface area contributed by atoms with Gasteiger partial charge in [0.1, 0.15) is 11.6 Å². The lowest BCUT2D eigenvalue weighted by atomic mass is 10.2. The average Bonchev–Trinajstić information content (AvgIpc) is 2.57. The Balaban J connectivity index is 2.36. The second-order valence-electron chi connectivity index (χ2n) is 3.52. The number of H-pyrrole nitrogens is 1. The minimum atomic E-state index is -1.18. The van der Waals surface area contributed by atoms with E-state index in [1.54, 1.807) is 0 Å². The largest absolute Gasteiger partial charge is 0.550 e. The van der Waals surface area contributed by atoms with Crippen LogP contribution in [-0.2, 0) is 11.2 Å². The molecule has 0 aliphatic rings. The van der Waals surface area contributed by atoms with Crippen molar-refractivity contribution < 1.29 is 18.7 Å². The molecule has 1 aromatic heterocycles. The third-order valence-electron chi connectivity index (χ3n) is 2.31. The van der Waals surface area contributed by atoms with E-state index < -0.39 is 17.6 Å². The summed E-state index contributed by atoms with van der Waals surface area (Å²) in [4.78, 5) is 13.0. The van der Waals surface area contributed by atoms with Gasteiger partial charge in [0.25, 0.3) is 0 Å². The number of carboxylic acid groups (broad SMARTS) is 1. The van der Waals surface area contributed by atoms with E-state index in [-0.39, 0.29) is 18.2 Å². The Morgan fingerprint density at radius 2 is 2.06 bits per heavy atom. The van der Waals surface area contributed by atoms with Crippen molar-refractivity contribution in [1.82, 2.24) is 4.98 Å². The van der Waals surface area contributed by atoms with Crippen molar-refractivity contribution in [3.8, 4) is 0 Å². The number of nitrogens with one attached hydrogen (secondary N) is 1.